The Bertz CT molecular complexity index is 175. The highest BCUT2D eigenvalue weighted by Crippen LogP contribution is 2.32. The van der Waals surface area contributed by atoms with Gasteiger partial charge in [0.15, 0.2) is 0 Å². The molecule has 0 aromatic heterocycles. The monoisotopic (exact) mass is 170 g/mol. The molecule has 0 aromatic rings. The number of ether oxygens (including phenoxy) is 1. The first-order chi connectivity index (χ1) is 5.47. The third kappa shape index (κ3) is 1.70. The summed E-state index contributed by atoms with van der Waals surface area (Å²) in [4.78, 5) is 0. The molecule has 0 spiro atoms. The van der Waals surface area contributed by atoms with Crippen LogP contribution in [0.2, 0.25) is 0 Å². The molecule has 3 atom stereocenters. The predicted molar refractivity (Wildman–Crippen MR) is 48.9 cm³/mol. The zero-order chi connectivity index (χ0) is 9.35. The minimum atomic E-state index is -0.404. The van der Waals surface area contributed by atoms with Gasteiger partial charge in [-0.15, -0.1) is 6.58 Å². The molecule has 2 nitrogen and oxygen atoms in total. The van der Waals surface area contributed by atoms with Crippen molar-refractivity contribution in [2.75, 3.05) is 0 Å². The van der Waals surface area contributed by atoms with Crippen molar-refractivity contribution in [3.63, 3.8) is 0 Å². The lowest BCUT2D eigenvalue weighted by atomic mass is 9.85. The van der Waals surface area contributed by atoms with Gasteiger partial charge in [0.1, 0.15) is 0 Å². The van der Waals surface area contributed by atoms with Gasteiger partial charge in [0, 0.05) is 5.92 Å². The van der Waals surface area contributed by atoms with E-state index in [2.05, 4.69) is 6.58 Å². The van der Waals surface area contributed by atoms with E-state index in [1.807, 2.05) is 26.8 Å². The lowest BCUT2D eigenvalue weighted by molar-refractivity contribution is -0.179. The number of hydrogen-bond donors (Lipinski definition) is 1. The van der Waals surface area contributed by atoms with E-state index < -0.39 is 5.60 Å². The summed E-state index contributed by atoms with van der Waals surface area (Å²) < 4.78 is 5.67. The van der Waals surface area contributed by atoms with Crippen LogP contribution in [0.3, 0.4) is 0 Å². The third-order valence-corrected chi connectivity index (χ3v) is 2.69. The smallest absolute Gasteiger partial charge is 0.0888 e. The van der Waals surface area contributed by atoms with Crippen molar-refractivity contribution in [2.24, 2.45) is 5.92 Å². The molecule has 0 aromatic carbocycles. The molecular formula is C10H18O2. The highest BCUT2D eigenvalue weighted by atomic mass is 16.5. The number of aliphatic hydroxyl groups is 1. The Labute approximate surface area is 74.2 Å². The quantitative estimate of drug-likeness (QED) is 0.607. The highest BCUT2D eigenvalue weighted by molar-refractivity contribution is 4.95. The molecule has 0 amide bonds. The van der Waals surface area contributed by atoms with Crippen LogP contribution in [0.15, 0.2) is 12.7 Å². The Morgan fingerprint density at radius 1 is 1.58 bits per heavy atom. The lowest BCUT2D eigenvalue weighted by Crippen LogP contribution is -2.49. The summed E-state index contributed by atoms with van der Waals surface area (Å²) in [5, 5.41) is 9.68. The van der Waals surface area contributed by atoms with Gasteiger partial charge in [-0.1, -0.05) is 6.08 Å². The van der Waals surface area contributed by atoms with Gasteiger partial charge < -0.3 is 9.84 Å². The predicted octanol–water partition coefficient (Wildman–Crippen LogP) is 1.74. The molecule has 0 bridgehead atoms. The number of aliphatic hydroxyl groups excluding tert-OH is 1. The summed E-state index contributed by atoms with van der Waals surface area (Å²) in [5.41, 5.74) is -0.404. The second-order valence-corrected chi connectivity index (χ2v) is 4.08. The van der Waals surface area contributed by atoms with Crippen LogP contribution in [-0.2, 0) is 4.74 Å². The Morgan fingerprint density at radius 2 is 2.17 bits per heavy atom. The molecule has 1 rings (SSSR count). The maximum absolute atomic E-state index is 9.68. The molecule has 1 aliphatic rings. The van der Waals surface area contributed by atoms with Crippen molar-refractivity contribution >= 4 is 0 Å². The molecule has 1 aliphatic heterocycles. The molecule has 0 saturated carbocycles. The van der Waals surface area contributed by atoms with Gasteiger partial charge in [-0.2, -0.15) is 0 Å². The van der Waals surface area contributed by atoms with E-state index in [1.54, 1.807) is 0 Å². The van der Waals surface area contributed by atoms with Gasteiger partial charge in [-0.25, -0.2) is 0 Å². The summed E-state index contributed by atoms with van der Waals surface area (Å²) in [7, 11) is 0. The zero-order valence-corrected chi connectivity index (χ0v) is 8.08. The van der Waals surface area contributed by atoms with Crippen LogP contribution in [0, 0.1) is 5.92 Å². The van der Waals surface area contributed by atoms with Gasteiger partial charge in [-0.05, 0) is 27.2 Å². The van der Waals surface area contributed by atoms with Crippen molar-refractivity contribution in [3.8, 4) is 0 Å². The molecular weight excluding hydrogens is 152 g/mol. The summed E-state index contributed by atoms with van der Waals surface area (Å²) in [6.45, 7) is 9.60. The summed E-state index contributed by atoms with van der Waals surface area (Å²) >= 11 is 0. The minimum absolute atomic E-state index is 0.167. The molecule has 0 aliphatic carbocycles. The second kappa shape index (κ2) is 3.19. The van der Waals surface area contributed by atoms with Crippen molar-refractivity contribution in [1.29, 1.82) is 0 Å². The fourth-order valence-corrected chi connectivity index (χ4v) is 1.67. The Morgan fingerprint density at radius 3 is 2.67 bits per heavy atom. The maximum atomic E-state index is 9.68. The van der Waals surface area contributed by atoms with E-state index in [0.29, 0.717) is 0 Å². The first-order valence-corrected chi connectivity index (χ1v) is 4.46. The topological polar surface area (TPSA) is 29.5 Å². The zero-order valence-electron chi connectivity index (χ0n) is 8.08. The standard InChI is InChI=1S/C10H18O2/c1-5-8-6-9(11)10(3,4)12-7(8)2/h5,7-9,11H,1,6H2,2-4H3/t7-,8+,9?/m1/s1. The van der Waals surface area contributed by atoms with E-state index in [-0.39, 0.29) is 18.1 Å². The van der Waals surface area contributed by atoms with Crippen molar-refractivity contribution in [1.82, 2.24) is 0 Å². The van der Waals surface area contributed by atoms with Crippen LogP contribution >= 0.6 is 0 Å². The van der Waals surface area contributed by atoms with Crippen LogP contribution in [0.25, 0.3) is 0 Å². The summed E-state index contributed by atoms with van der Waals surface area (Å²) in [5.74, 6) is 0.285. The third-order valence-electron chi connectivity index (χ3n) is 2.69. The van der Waals surface area contributed by atoms with Crippen LogP contribution < -0.4 is 0 Å². The Kier molecular flexibility index (Phi) is 2.59. The molecule has 2 heteroatoms. The highest BCUT2D eigenvalue weighted by Gasteiger charge is 2.38. The van der Waals surface area contributed by atoms with Gasteiger partial charge in [-0.3, -0.25) is 0 Å². The van der Waals surface area contributed by atoms with Crippen molar-refractivity contribution in [2.45, 2.75) is 45.0 Å². The van der Waals surface area contributed by atoms with Gasteiger partial charge >= 0.3 is 0 Å². The number of rotatable bonds is 1. The van der Waals surface area contributed by atoms with E-state index in [0.717, 1.165) is 6.42 Å². The fraction of sp³-hybridized carbons (Fsp3) is 0.800. The Hall–Kier alpha value is -0.340. The lowest BCUT2D eigenvalue weighted by Gasteiger charge is -2.42. The largest absolute Gasteiger partial charge is 0.390 e. The van der Waals surface area contributed by atoms with E-state index in [1.165, 1.54) is 0 Å². The first kappa shape index (κ1) is 9.75. The van der Waals surface area contributed by atoms with Crippen LogP contribution in [0.4, 0.5) is 0 Å². The van der Waals surface area contributed by atoms with Crippen molar-refractivity contribution in [3.05, 3.63) is 12.7 Å². The van der Waals surface area contributed by atoms with Gasteiger partial charge in [0.25, 0.3) is 0 Å². The molecule has 0 radical (unpaired) electrons. The Balaban J connectivity index is 2.68. The van der Waals surface area contributed by atoms with E-state index in [9.17, 15) is 5.11 Å². The average molecular weight is 170 g/mol. The van der Waals surface area contributed by atoms with Gasteiger partial charge in [0.2, 0.25) is 0 Å². The molecule has 1 heterocycles. The molecule has 1 unspecified atom stereocenters. The SMILES string of the molecule is C=C[C@H]1CC(O)C(C)(C)O[C@@H]1C. The van der Waals surface area contributed by atoms with E-state index in [4.69, 9.17) is 4.74 Å². The van der Waals surface area contributed by atoms with Crippen LogP contribution in [0.5, 0.6) is 0 Å². The molecule has 1 fully saturated rings. The molecule has 70 valence electrons. The maximum Gasteiger partial charge on any atom is 0.0888 e. The van der Waals surface area contributed by atoms with Crippen LogP contribution in [-0.4, -0.2) is 22.9 Å². The molecule has 1 N–H and O–H groups in total. The van der Waals surface area contributed by atoms with Gasteiger partial charge in [0.05, 0.1) is 17.8 Å². The summed E-state index contributed by atoms with van der Waals surface area (Å²) in [6, 6.07) is 0. The van der Waals surface area contributed by atoms with Crippen molar-refractivity contribution < 1.29 is 9.84 Å². The average Bonchev–Trinajstić information content (AvgIpc) is 1.96. The second-order valence-electron chi connectivity index (χ2n) is 4.08. The fourth-order valence-electron chi connectivity index (χ4n) is 1.67. The number of hydrogen-bond acceptors (Lipinski definition) is 2. The van der Waals surface area contributed by atoms with E-state index >= 15 is 0 Å². The summed E-state index contributed by atoms with van der Waals surface area (Å²) in [6.07, 6.45) is 2.42. The minimum Gasteiger partial charge on any atom is -0.390 e. The molecule has 1 saturated heterocycles. The van der Waals surface area contributed by atoms with Crippen LogP contribution in [0.1, 0.15) is 27.2 Å². The first-order valence-electron chi connectivity index (χ1n) is 4.46. The normalized spacial score (nSPS) is 40.8. The molecule has 12 heavy (non-hydrogen) atoms.